The normalized spacial score (nSPS) is 15.9. The van der Waals surface area contributed by atoms with E-state index < -0.39 is 11.9 Å². The van der Waals surface area contributed by atoms with Gasteiger partial charge >= 0.3 is 11.9 Å². The molecule has 2 heterocycles. The summed E-state index contributed by atoms with van der Waals surface area (Å²) in [4.78, 5) is 50.6. The molecule has 108 heavy (non-hydrogen) atoms. The van der Waals surface area contributed by atoms with Crippen molar-refractivity contribution in [2.45, 2.75) is 71.4 Å². The summed E-state index contributed by atoms with van der Waals surface area (Å²) in [5.41, 5.74) is 21.0. The number of carboxylic acids is 2. The van der Waals surface area contributed by atoms with E-state index in [1.807, 2.05) is 80.6 Å². The molecule has 1 amide bonds. The third-order valence-corrected chi connectivity index (χ3v) is 18.9. The van der Waals surface area contributed by atoms with Gasteiger partial charge in [-0.1, -0.05) is 5.57 Å². The maximum Gasteiger partial charge on any atom is 0.307 e. The van der Waals surface area contributed by atoms with Gasteiger partial charge in [-0.05, 0) is 236 Å². The van der Waals surface area contributed by atoms with Crippen LogP contribution in [0.5, 0.6) is 86.2 Å². The highest BCUT2D eigenvalue weighted by molar-refractivity contribution is 6.10. The molecule has 2 aliphatic heterocycles. The highest BCUT2D eigenvalue weighted by Gasteiger charge is 2.32. The Morgan fingerprint density at radius 3 is 1.06 bits per heavy atom. The van der Waals surface area contributed by atoms with Crippen LogP contribution in [0, 0.1) is 0 Å². The van der Waals surface area contributed by atoms with Gasteiger partial charge in [-0.25, -0.2) is 0 Å². The molecule has 584 valence electrons. The number of hydrogen-bond donors (Lipinski definition) is 4. The molecule has 26 heteroatoms. The number of carbonyl (C=O) groups excluding carboxylic acids is 2. The minimum atomic E-state index is -0.899. The second kappa shape index (κ2) is 40.3. The Kier molecular flexibility index (Phi) is 32.2. The number of nitrogens with two attached hydrogens (primary N) is 1. The fourth-order valence-corrected chi connectivity index (χ4v) is 13.5. The van der Waals surface area contributed by atoms with Crippen molar-refractivity contribution < 1.29 is 100 Å². The predicted octanol–water partition coefficient (Wildman–Crippen LogP) is 12.9. The van der Waals surface area contributed by atoms with E-state index in [9.17, 15) is 24.3 Å². The van der Waals surface area contributed by atoms with Crippen LogP contribution in [0.25, 0.3) is 40.0 Å². The van der Waals surface area contributed by atoms with Crippen molar-refractivity contribution in [2.75, 3.05) is 147 Å². The van der Waals surface area contributed by atoms with Crippen LogP contribution in [-0.4, -0.2) is 203 Å². The molecule has 6 aromatic carbocycles. The zero-order valence-corrected chi connectivity index (χ0v) is 66.2. The van der Waals surface area contributed by atoms with E-state index >= 15 is 0 Å². The fourth-order valence-electron chi connectivity index (χ4n) is 13.5. The lowest BCUT2D eigenvalue weighted by molar-refractivity contribution is -0.136. The van der Waals surface area contributed by atoms with E-state index in [0.717, 1.165) is 128 Å². The number of rotatable bonds is 25. The zero-order valence-electron chi connectivity index (χ0n) is 65.4. The first kappa shape index (κ1) is 86.2. The first-order valence-corrected chi connectivity index (χ1v) is 34.3. The number of allylic oxidation sites excluding steroid dienone is 5. The predicted molar refractivity (Wildman–Crippen MR) is 420 cm³/mol. The summed E-state index contributed by atoms with van der Waals surface area (Å²) in [6.45, 7) is 10.1. The van der Waals surface area contributed by atoms with Gasteiger partial charge in [-0.3, -0.25) is 19.2 Å². The van der Waals surface area contributed by atoms with Gasteiger partial charge in [0.15, 0.2) is 69.0 Å². The zero-order chi connectivity index (χ0) is 78.5. The van der Waals surface area contributed by atoms with Crippen LogP contribution in [0.1, 0.15) is 108 Å². The number of likely N-dealkylation sites (tertiary alicyclic amines) is 2. The molecule has 25 nitrogen and oxygen atoms in total. The molecule has 0 saturated carbocycles. The molecule has 0 spiro atoms. The van der Waals surface area contributed by atoms with Crippen molar-refractivity contribution in [3.05, 3.63) is 140 Å². The summed E-state index contributed by atoms with van der Waals surface area (Å²) in [6, 6.07) is 22.7. The van der Waals surface area contributed by atoms with Gasteiger partial charge in [-0.2, -0.15) is 0 Å². The highest BCUT2D eigenvalue weighted by atomic mass is 35.5. The lowest BCUT2D eigenvalue weighted by Crippen LogP contribution is -2.36. The van der Waals surface area contributed by atoms with Gasteiger partial charge in [0.05, 0.1) is 126 Å². The minimum absolute atomic E-state index is 0. The van der Waals surface area contributed by atoms with Gasteiger partial charge in [0.2, 0.25) is 23.2 Å². The average Bonchev–Trinajstić information content (AvgIpc) is 1.61. The quantitative estimate of drug-likeness (QED) is 0.0387. The molecule has 11 rings (SSSR count). The number of nitrogens with one attached hydrogen (secondary N) is 1. The number of carboxylic acid groups (broad SMARTS) is 2. The Hall–Kier alpha value is -10.7. The average molecular weight is 1520 g/mol. The molecule has 5 N–H and O–H groups in total. The van der Waals surface area contributed by atoms with E-state index in [4.69, 9.17) is 81.9 Å². The largest absolute Gasteiger partial charge is 0.493 e. The highest BCUT2D eigenvalue weighted by Crippen LogP contribution is 2.51. The Morgan fingerprint density at radius 2 is 0.750 bits per heavy atom. The van der Waals surface area contributed by atoms with Crippen molar-refractivity contribution >= 4 is 76.6 Å². The topological polar surface area (TPSA) is 292 Å². The van der Waals surface area contributed by atoms with E-state index in [-0.39, 0.29) is 43.6 Å². The van der Waals surface area contributed by atoms with Crippen molar-refractivity contribution in [3.63, 3.8) is 0 Å². The Labute approximate surface area is 639 Å². The maximum absolute atomic E-state index is 13.1. The van der Waals surface area contributed by atoms with Crippen LogP contribution in [0.15, 0.2) is 89.5 Å². The maximum atomic E-state index is 13.1. The summed E-state index contributed by atoms with van der Waals surface area (Å²) in [7, 11) is 27.7. The van der Waals surface area contributed by atoms with Gasteiger partial charge in [0, 0.05) is 30.7 Å². The minimum Gasteiger partial charge on any atom is -0.493 e. The van der Waals surface area contributed by atoms with Crippen molar-refractivity contribution in [2.24, 2.45) is 5.73 Å². The van der Waals surface area contributed by atoms with E-state index in [0.29, 0.717) is 97.8 Å². The summed E-state index contributed by atoms with van der Waals surface area (Å²) in [5.74, 6) is 6.69. The molecule has 2 saturated heterocycles. The van der Waals surface area contributed by atoms with Crippen molar-refractivity contribution in [1.82, 2.24) is 15.1 Å². The smallest absolute Gasteiger partial charge is 0.307 e. The van der Waals surface area contributed by atoms with E-state index in [1.54, 1.807) is 97.5 Å². The second-order valence-electron chi connectivity index (χ2n) is 25.6. The standard InChI is InChI=1S/C29H36N2O6.C24H26O7.C14H16O4.C10H12O4.C5H12N2.ClH/c1-17-20(10-18-11-26(35-5)29(37-7)27(12-18)36-6)22-13-24(33-3)25(34-4)14-23(22)21(17)15-28(32)30-19-8-9-31(2)16-19;1-13-15(7-14-8-21(29-4)24(31-6)22(9-14)30-5)17-10-19(27-2)20(28-3)11-18(17)16(13)12-23(25)26;1-8-4-9-5-12(17-2)13(18-3)6-11(9)10(8)7-14(15)16;1-12-8-4-7(6-11)5-9(13-2)10(8)14-3;1-7-3-2-5(6)4-7;/h10-14,19H,8-9,15-16H2,1-7H3,(H,30,32);7-11H,12H2,1-6H3,(H,25,26);5-6H,4,7H2,1-3H3,(H,15,16);4-6H,1-3H3;5H,2-4,6H2,1H3;1H/b20-10-;15-7-;;;;/t19-;;;;5-;/m0...0./s1. The number of methoxy groups -OCH3 is 15. The molecule has 0 radical (unpaired) electrons. The number of hydrogen-bond acceptors (Lipinski definition) is 22. The van der Waals surface area contributed by atoms with E-state index in [1.165, 1.54) is 34.3 Å². The summed E-state index contributed by atoms with van der Waals surface area (Å²) in [6.07, 6.45) is 7.92. The third kappa shape index (κ3) is 20.5. The van der Waals surface area contributed by atoms with Crippen molar-refractivity contribution in [3.8, 4) is 86.2 Å². The molecule has 0 aromatic heterocycles. The lowest BCUT2D eigenvalue weighted by Gasteiger charge is -2.15. The Bertz CT molecular complexity index is 4300. The van der Waals surface area contributed by atoms with E-state index in [2.05, 4.69) is 42.2 Å². The first-order chi connectivity index (χ1) is 51.3. The number of carbonyl (C=O) groups is 4. The van der Waals surface area contributed by atoms with Crippen LogP contribution < -0.4 is 82.1 Å². The monoisotopic (exact) mass is 1510 g/mol. The van der Waals surface area contributed by atoms with Gasteiger partial charge < -0.3 is 102 Å². The number of amides is 1. The number of fused-ring (bicyclic) bond motifs is 3. The van der Waals surface area contributed by atoms with Crippen molar-refractivity contribution in [1.29, 1.82) is 0 Å². The number of benzene rings is 6. The van der Waals surface area contributed by atoms with Crippen LogP contribution >= 0.6 is 12.4 Å². The molecule has 2 atom stereocenters. The SMILES string of the molecule is CN1CC[C@H](N)C1.COc1cc(C=O)cc(OC)c1OC.COc1cc2c(cc1OC)/C(=C\c1cc(OC)c(OC)c(OC)c1)C(C)=C2CC(=O)N[C@H]1CCN(C)C1.COc1cc2c(cc1OC)/C(=C\c1cc(OC)c(OC)c(OC)c1)C(C)=C2CC(=O)O.COc1cc2c(cc1OC)C(CC(=O)O)=C(C)C2.Cl. The molecule has 2 fully saturated rings. The number of halogens is 1. The molecular weight excluding hydrogens is 1410 g/mol. The van der Waals surface area contributed by atoms with Crippen LogP contribution in [0.2, 0.25) is 0 Å². The van der Waals surface area contributed by atoms with Gasteiger partial charge in [0.25, 0.3) is 0 Å². The molecule has 0 unspecified atom stereocenters. The number of aliphatic carboxylic acids is 2. The first-order valence-electron chi connectivity index (χ1n) is 34.3. The number of aldehydes is 1. The number of nitrogens with zero attached hydrogens (tertiary/aromatic N) is 2. The molecular formula is C82H103ClN4O21. The molecule has 3 aliphatic carbocycles. The molecule has 6 aromatic rings. The summed E-state index contributed by atoms with van der Waals surface area (Å²) < 4.78 is 80.7. The second-order valence-corrected chi connectivity index (χ2v) is 25.6. The molecule has 5 aliphatic rings. The molecule has 0 bridgehead atoms. The Morgan fingerprint density at radius 1 is 0.426 bits per heavy atom. The van der Waals surface area contributed by atoms with Crippen LogP contribution in [-0.2, 0) is 20.8 Å². The van der Waals surface area contributed by atoms with Crippen LogP contribution in [0.4, 0.5) is 0 Å². The van der Waals surface area contributed by atoms with Gasteiger partial charge in [0.1, 0.15) is 6.29 Å². The lowest BCUT2D eigenvalue weighted by atomic mass is 9.99. The summed E-state index contributed by atoms with van der Waals surface area (Å²) in [5, 5.41) is 21.6. The Balaban J connectivity index is 0.000000229. The number of ether oxygens (including phenoxy) is 15. The number of likely N-dealkylation sites (N-methyl/N-ethyl adjacent to an activating group) is 2. The van der Waals surface area contributed by atoms with Crippen LogP contribution in [0.3, 0.4) is 0 Å². The fraction of sp³-hybridized carbons (Fsp3) is 0.390. The summed E-state index contributed by atoms with van der Waals surface area (Å²) >= 11 is 0. The third-order valence-electron chi connectivity index (χ3n) is 18.9. The van der Waals surface area contributed by atoms with Gasteiger partial charge in [-0.15, -0.1) is 12.4 Å².